The third-order valence-electron chi connectivity index (χ3n) is 4.07. The molecule has 0 saturated heterocycles. The lowest BCUT2D eigenvalue weighted by Crippen LogP contribution is -2.11. The van der Waals surface area contributed by atoms with E-state index >= 15 is 0 Å². The molecule has 6 nitrogen and oxygen atoms in total. The van der Waals surface area contributed by atoms with Crippen LogP contribution in [0.1, 0.15) is 27.4 Å². The van der Waals surface area contributed by atoms with Crippen LogP contribution in [0.15, 0.2) is 46.3 Å². The first-order chi connectivity index (χ1) is 12.6. The predicted molar refractivity (Wildman–Crippen MR) is 97.9 cm³/mol. The van der Waals surface area contributed by atoms with Gasteiger partial charge in [0.15, 0.2) is 6.61 Å². The molecule has 0 amide bonds. The van der Waals surface area contributed by atoms with Crippen LogP contribution < -0.4 is 0 Å². The molecule has 0 saturated carbocycles. The van der Waals surface area contributed by atoms with Gasteiger partial charge < -0.3 is 9.26 Å². The number of para-hydroxylation sites is 1. The van der Waals surface area contributed by atoms with Crippen molar-refractivity contribution in [3.8, 4) is 10.8 Å². The quantitative estimate of drug-likeness (QED) is 0.501. The number of fused-ring (bicyclic) bond motifs is 1. The third kappa shape index (κ3) is 2.97. The number of carbonyl (C=O) groups is 1. The molecule has 0 spiro atoms. The van der Waals surface area contributed by atoms with Crippen LogP contribution in [0.3, 0.4) is 0 Å². The van der Waals surface area contributed by atoms with E-state index in [1.165, 1.54) is 11.3 Å². The fourth-order valence-corrected chi connectivity index (χ4v) is 3.49. The second-order valence-electron chi connectivity index (χ2n) is 5.78. The number of pyridine rings is 1. The maximum atomic E-state index is 12.6. The summed E-state index contributed by atoms with van der Waals surface area (Å²) in [6.45, 7) is 3.65. The van der Waals surface area contributed by atoms with Crippen molar-refractivity contribution < 1.29 is 14.1 Å². The minimum Gasteiger partial charge on any atom is -0.454 e. The molecule has 0 bridgehead atoms. The monoisotopic (exact) mass is 365 g/mol. The molecule has 0 fully saturated rings. The van der Waals surface area contributed by atoms with Gasteiger partial charge in [0.1, 0.15) is 0 Å². The van der Waals surface area contributed by atoms with Gasteiger partial charge in [-0.1, -0.05) is 29.4 Å². The van der Waals surface area contributed by atoms with E-state index in [-0.39, 0.29) is 6.61 Å². The van der Waals surface area contributed by atoms with Gasteiger partial charge in [-0.25, -0.2) is 4.79 Å². The maximum Gasteiger partial charge on any atom is 0.340 e. The van der Waals surface area contributed by atoms with Crippen molar-refractivity contribution in [1.29, 1.82) is 0 Å². The van der Waals surface area contributed by atoms with Gasteiger partial charge in [-0.3, -0.25) is 4.98 Å². The van der Waals surface area contributed by atoms with Crippen molar-refractivity contribution in [2.24, 2.45) is 0 Å². The van der Waals surface area contributed by atoms with Gasteiger partial charge in [0, 0.05) is 5.39 Å². The Bertz CT molecular complexity index is 1090. The second-order valence-corrected chi connectivity index (χ2v) is 6.73. The zero-order chi connectivity index (χ0) is 18.1. The summed E-state index contributed by atoms with van der Waals surface area (Å²) in [5, 5.41) is 6.72. The number of nitrogens with zero attached hydrogens (tertiary/aromatic N) is 3. The Hall–Kier alpha value is -3.06. The molecule has 3 heterocycles. The Morgan fingerprint density at radius 2 is 2.00 bits per heavy atom. The van der Waals surface area contributed by atoms with E-state index < -0.39 is 5.97 Å². The number of hydrogen-bond donors (Lipinski definition) is 0. The highest BCUT2D eigenvalue weighted by Crippen LogP contribution is 2.24. The molecule has 1 aromatic carbocycles. The zero-order valence-corrected chi connectivity index (χ0v) is 15.0. The van der Waals surface area contributed by atoms with Crippen molar-refractivity contribution in [3.05, 3.63) is 64.4 Å². The lowest BCUT2D eigenvalue weighted by molar-refractivity contribution is 0.0457. The van der Waals surface area contributed by atoms with Gasteiger partial charge in [-0.2, -0.15) is 4.98 Å². The number of thiophene rings is 1. The van der Waals surface area contributed by atoms with Crippen LogP contribution in [-0.4, -0.2) is 21.1 Å². The molecule has 0 aliphatic rings. The van der Waals surface area contributed by atoms with Crippen LogP contribution in [0.5, 0.6) is 0 Å². The minimum absolute atomic E-state index is 0.0561. The molecule has 7 heteroatoms. The number of ether oxygens (including phenoxy) is 1. The lowest BCUT2D eigenvalue weighted by atomic mass is 10.0. The second kappa shape index (κ2) is 6.68. The SMILES string of the molecule is Cc1nc2ccccc2c(C)c1C(=O)OCc1noc(-c2cccs2)n1. The summed E-state index contributed by atoms with van der Waals surface area (Å²) in [4.78, 5) is 22.2. The van der Waals surface area contributed by atoms with Gasteiger partial charge in [0.25, 0.3) is 5.89 Å². The lowest BCUT2D eigenvalue weighted by Gasteiger charge is -2.11. The smallest absolute Gasteiger partial charge is 0.340 e. The molecule has 4 aromatic rings. The zero-order valence-electron chi connectivity index (χ0n) is 14.2. The fraction of sp³-hybridized carbons (Fsp3) is 0.158. The highest BCUT2D eigenvalue weighted by molar-refractivity contribution is 7.13. The molecular formula is C19H15N3O3S. The van der Waals surface area contributed by atoms with Crippen molar-refractivity contribution in [2.75, 3.05) is 0 Å². The van der Waals surface area contributed by atoms with Crippen LogP contribution in [0.25, 0.3) is 21.7 Å². The Morgan fingerprint density at radius 3 is 2.81 bits per heavy atom. The average molecular weight is 365 g/mol. The fourth-order valence-electron chi connectivity index (χ4n) is 2.85. The maximum absolute atomic E-state index is 12.6. The summed E-state index contributed by atoms with van der Waals surface area (Å²) < 4.78 is 10.6. The van der Waals surface area contributed by atoms with E-state index in [9.17, 15) is 4.79 Å². The Labute approximate surface area is 153 Å². The molecule has 0 aliphatic heterocycles. The number of aryl methyl sites for hydroxylation is 2. The molecule has 0 atom stereocenters. The van der Waals surface area contributed by atoms with Gasteiger partial charge in [0.05, 0.1) is 21.7 Å². The molecule has 0 aliphatic carbocycles. The number of hydrogen-bond acceptors (Lipinski definition) is 7. The van der Waals surface area contributed by atoms with Crippen LogP contribution in [0.4, 0.5) is 0 Å². The summed E-state index contributed by atoms with van der Waals surface area (Å²) in [6.07, 6.45) is 0. The highest BCUT2D eigenvalue weighted by Gasteiger charge is 2.19. The van der Waals surface area contributed by atoms with Crippen molar-refractivity contribution in [2.45, 2.75) is 20.5 Å². The number of esters is 1. The first-order valence-corrected chi connectivity index (χ1v) is 8.91. The number of rotatable bonds is 4. The topological polar surface area (TPSA) is 78.1 Å². The van der Waals surface area contributed by atoms with E-state index in [2.05, 4.69) is 15.1 Å². The van der Waals surface area contributed by atoms with Crippen molar-refractivity contribution in [1.82, 2.24) is 15.1 Å². The third-order valence-corrected chi connectivity index (χ3v) is 4.93. The predicted octanol–water partition coefficient (Wildman–Crippen LogP) is 4.32. The molecule has 0 N–H and O–H groups in total. The molecule has 4 rings (SSSR count). The van der Waals surface area contributed by atoms with E-state index in [0.29, 0.717) is 23.0 Å². The summed E-state index contributed by atoms with van der Waals surface area (Å²) in [5.74, 6) is 0.303. The van der Waals surface area contributed by atoms with Gasteiger partial charge in [0.2, 0.25) is 5.82 Å². The average Bonchev–Trinajstić information content (AvgIpc) is 3.31. The van der Waals surface area contributed by atoms with Crippen LogP contribution in [-0.2, 0) is 11.3 Å². The first kappa shape index (κ1) is 16.4. The van der Waals surface area contributed by atoms with Crippen LogP contribution in [0.2, 0.25) is 0 Å². The molecule has 130 valence electrons. The summed E-state index contributed by atoms with van der Waals surface area (Å²) >= 11 is 1.50. The van der Waals surface area contributed by atoms with E-state index in [4.69, 9.17) is 9.26 Å². The highest BCUT2D eigenvalue weighted by atomic mass is 32.1. The molecule has 3 aromatic heterocycles. The van der Waals surface area contributed by atoms with Crippen LogP contribution in [0, 0.1) is 13.8 Å². The minimum atomic E-state index is -0.444. The standard InChI is InChI=1S/C19H15N3O3S/c1-11-13-6-3-4-7-14(13)20-12(2)17(11)19(23)24-10-16-21-18(25-22-16)15-8-5-9-26-15/h3-9H,10H2,1-2H3. The molecule has 0 unspecified atom stereocenters. The van der Waals surface area contributed by atoms with E-state index in [1.807, 2.05) is 48.7 Å². The molecular weight excluding hydrogens is 350 g/mol. The van der Waals surface area contributed by atoms with Crippen molar-refractivity contribution >= 4 is 28.2 Å². The number of carbonyl (C=O) groups excluding carboxylic acids is 1. The Morgan fingerprint density at radius 1 is 1.15 bits per heavy atom. The van der Waals surface area contributed by atoms with E-state index in [0.717, 1.165) is 21.3 Å². The molecule has 26 heavy (non-hydrogen) atoms. The Balaban J connectivity index is 1.55. The van der Waals surface area contributed by atoms with Crippen LogP contribution >= 0.6 is 11.3 Å². The van der Waals surface area contributed by atoms with E-state index in [1.54, 1.807) is 6.92 Å². The Kier molecular flexibility index (Phi) is 4.22. The van der Waals surface area contributed by atoms with Gasteiger partial charge >= 0.3 is 5.97 Å². The summed E-state index contributed by atoms with van der Waals surface area (Å²) in [6, 6.07) is 11.5. The molecule has 0 radical (unpaired) electrons. The first-order valence-electron chi connectivity index (χ1n) is 8.03. The summed E-state index contributed by atoms with van der Waals surface area (Å²) in [5.41, 5.74) is 2.83. The number of aromatic nitrogens is 3. The largest absolute Gasteiger partial charge is 0.454 e. The van der Waals surface area contributed by atoms with Crippen molar-refractivity contribution in [3.63, 3.8) is 0 Å². The van der Waals surface area contributed by atoms with Gasteiger partial charge in [-0.05, 0) is 36.9 Å². The van der Waals surface area contributed by atoms with Gasteiger partial charge in [-0.15, -0.1) is 11.3 Å². The normalized spacial score (nSPS) is 11.0. The summed E-state index contributed by atoms with van der Waals surface area (Å²) in [7, 11) is 0. The number of benzene rings is 1.